The number of carbonyl (C=O) groups is 2. The Labute approximate surface area is 189 Å². The first-order valence-electron chi connectivity index (χ1n) is 9.96. The molecule has 2 unspecified atom stereocenters. The van der Waals surface area contributed by atoms with Crippen LogP contribution in [0.3, 0.4) is 0 Å². The lowest BCUT2D eigenvalue weighted by atomic mass is 9.98. The van der Waals surface area contributed by atoms with Crippen molar-refractivity contribution in [1.82, 2.24) is 0 Å². The first-order valence-corrected chi connectivity index (χ1v) is 13.1. The third kappa shape index (κ3) is 4.54. The third-order valence-electron chi connectivity index (χ3n) is 5.10. The van der Waals surface area contributed by atoms with Crippen LogP contribution in [0.2, 0.25) is 0 Å². The van der Waals surface area contributed by atoms with Gasteiger partial charge in [0.15, 0.2) is 15.1 Å². The minimum atomic E-state index is -4.22. The molecule has 8 nitrogen and oxygen atoms in total. The predicted molar refractivity (Wildman–Crippen MR) is 121 cm³/mol. The highest BCUT2D eigenvalue weighted by Crippen LogP contribution is 2.66. The summed E-state index contributed by atoms with van der Waals surface area (Å²) >= 11 is 0. The number of sulfone groups is 1. The average molecular weight is 482 g/mol. The molecule has 0 radical (unpaired) electrons. The normalized spacial score (nSPS) is 20.9. The van der Waals surface area contributed by atoms with E-state index < -0.39 is 48.4 Å². The van der Waals surface area contributed by atoms with Crippen molar-refractivity contribution in [1.29, 1.82) is 0 Å². The molecular weight excluding hydrogens is 454 g/mol. The van der Waals surface area contributed by atoms with Gasteiger partial charge in [-0.15, -0.1) is 0 Å². The molecule has 0 bridgehead atoms. The summed E-state index contributed by atoms with van der Waals surface area (Å²) in [6.45, 7) is 5.21. The topological polar surface area (TPSA) is 144 Å². The van der Waals surface area contributed by atoms with E-state index in [1.807, 2.05) is 0 Å². The van der Waals surface area contributed by atoms with Crippen molar-refractivity contribution in [2.75, 3.05) is 0 Å². The molecule has 0 spiro atoms. The van der Waals surface area contributed by atoms with Crippen molar-refractivity contribution in [2.24, 2.45) is 5.73 Å². The van der Waals surface area contributed by atoms with Crippen LogP contribution in [0.4, 0.5) is 0 Å². The summed E-state index contributed by atoms with van der Waals surface area (Å²) in [5.41, 5.74) is 5.34. The molecule has 2 aromatic rings. The van der Waals surface area contributed by atoms with E-state index in [1.165, 1.54) is 36.4 Å². The van der Waals surface area contributed by atoms with Crippen molar-refractivity contribution < 1.29 is 31.8 Å². The molecule has 4 N–H and O–H groups in total. The zero-order valence-electron chi connectivity index (χ0n) is 18.0. The Hall–Kier alpha value is -2.40. The predicted octanol–water partition coefficient (Wildman–Crippen LogP) is 3.45. The van der Waals surface area contributed by atoms with Crippen molar-refractivity contribution in [3.8, 4) is 0 Å². The van der Waals surface area contributed by atoms with Gasteiger partial charge in [-0.2, -0.15) is 10.6 Å². The number of ether oxygens (including phenoxy) is 1. The zero-order valence-corrected chi connectivity index (χ0v) is 19.7. The minimum absolute atomic E-state index is 0.0347. The van der Waals surface area contributed by atoms with Gasteiger partial charge in [-0.3, -0.25) is 18.7 Å². The largest absolute Gasteiger partial charge is 0.460 e. The van der Waals surface area contributed by atoms with Gasteiger partial charge in [0.25, 0.3) is 0 Å². The van der Waals surface area contributed by atoms with Crippen LogP contribution in [0.25, 0.3) is 0 Å². The molecular formula is C22H27NO7S2. The first-order chi connectivity index (χ1) is 14.8. The molecule has 3 rings (SSSR count). The van der Waals surface area contributed by atoms with Crippen LogP contribution in [0.5, 0.6) is 0 Å². The molecule has 0 fully saturated rings. The maximum atomic E-state index is 13.6. The van der Waals surface area contributed by atoms with Gasteiger partial charge in [0.2, 0.25) is 5.91 Å². The van der Waals surface area contributed by atoms with Crippen LogP contribution in [0.15, 0.2) is 58.3 Å². The summed E-state index contributed by atoms with van der Waals surface area (Å²) in [6, 6.07) is 12.0. The summed E-state index contributed by atoms with van der Waals surface area (Å²) < 4.78 is 54.2. The second kappa shape index (κ2) is 8.51. The molecule has 1 heterocycles. The second-order valence-corrected chi connectivity index (χ2v) is 12.8. The SMILES string of the molecule is CC(C)(C)OC(=O)CCc1cccc2c1C(S(=O)(=O)c1ccccc1)C(C(N)=O)S2(O)O. The molecule has 1 amide bonds. The Morgan fingerprint density at radius 2 is 1.69 bits per heavy atom. The molecule has 10 heteroatoms. The van der Waals surface area contributed by atoms with E-state index in [1.54, 1.807) is 32.9 Å². The van der Waals surface area contributed by atoms with Crippen molar-refractivity contribution in [3.63, 3.8) is 0 Å². The van der Waals surface area contributed by atoms with Gasteiger partial charge in [-0.05, 0) is 56.5 Å². The Balaban J connectivity index is 2.12. The summed E-state index contributed by atoms with van der Waals surface area (Å²) in [6.07, 6.45) is 0.0478. The monoisotopic (exact) mass is 481 g/mol. The number of fused-ring (bicyclic) bond motifs is 1. The Morgan fingerprint density at radius 1 is 1.06 bits per heavy atom. The fraction of sp³-hybridized carbons (Fsp3) is 0.364. The molecule has 1 aliphatic rings. The molecule has 2 aromatic carbocycles. The highest BCUT2D eigenvalue weighted by Gasteiger charge is 2.55. The third-order valence-corrected chi connectivity index (χ3v) is 9.59. The van der Waals surface area contributed by atoms with Crippen molar-refractivity contribution >= 4 is 32.3 Å². The number of carbonyl (C=O) groups excluding carboxylic acids is 2. The van der Waals surface area contributed by atoms with Gasteiger partial charge in [0, 0.05) is 6.42 Å². The van der Waals surface area contributed by atoms with E-state index in [9.17, 15) is 27.1 Å². The summed E-state index contributed by atoms with van der Waals surface area (Å²) in [7, 11) is -8.07. The van der Waals surface area contributed by atoms with E-state index in [0.29, 0.717) is 5.56 Å². The van der Waals surface area contributed by atoms with Gasteiger partial charge in [0.1, 0.15) is 10.9 Å². The molecule has 2 atom stereocenters. The van der Waals surface area contributed by atoms with Crippen LogP contribution in [0.1, 0.15) is 43.6 Å². The number of esters is 1. The fourth-order valence-corrected chi connectivity index (χ4v) is 8.66. The van der Waals surface area contributed by atoms with Crippen LogP contribution >= 0.6 is 10.6 Å². The van der Waals surface area contributed by atoms with Crippen LogP contribution < -0.4 is 5.73 Å². The number of benzene rings is 2. The maximum Gasteiger partial charge on any atom is 0.306 e. The van der Waals surface area contributed by atoms with Crippen molar-refractivity contribution in [2.45, 2.75) is 59.5 Å². The lowest BCUT2D eigenvalue weighted by molar-refractivity contribution is -0.154. The summed E-state index contributed by atoms with van der Waals surface area (Å²) in [4.78, 5) is 24.4. The van der Waals surface area contributed by atoms with E-state index in [2.05, 4.69) is 0 Å². The number of rotatable bonds is 6. The molecule has 1 aliphatic heterocycles. The summed E-state index contributed by atoms with van der Waals surface area (Å²) in [5.74, 6) is -1.60. The number of nitrogens with two attached hydrogens (primary N) is 1. The first kappa shape index (κ1) is 24.2. The molecule has 0 saturated carbocycles. The molecule has 0 aliphatic carbocycles. The maximum absolute atomic E-state index is 13.6. The Morgan fingerprint density at radius 3 is 2.25 bits per heavy atom. The van der Waals surface area contributed by atoms with E-state index in [4.69, 9.17) is 10.5 Å². The van der Waals surface area contributed by atoms with E-state index in [0.717, 1.165) is 0 Å². The van der Waals surface area contributed by atoms with Gasteiger partial charge in [0.05, 0.1) is 9.79 Å². The van der Waals surface area contributed by atoms with E-state index in [-0.39, 0.29) is 28.2 Å². The molecule has 0 saturated heterocycles. The van der Waals surface area contributed by atoms with Gasteiger partial charge < -0.3 is 10.5 Å². The number of hydrogen-bond acceptors (Lipinski definition) is 7. The van der Waals surface area contributed by atoms with Crippen LogP contribution in [-0.4, -0.2) is 40.3 Å². The molecule has 174 valence electrons. The highest BCUT2D eigenvalue weighted by molar-refractivity contribution is 8.26. The number of primary amides is 1. The Kier molecular flexibility index (Phi) is 6.45. The van der Waals surface area contributed by atoms with Gasteiger partial charge >= 0.3 is 5.97 Å². The second-order valence-electron chi connectivity index (χ2n) is 8.61. The molecule has 32 heavy (non-hydrogen) atoms. The highest BCUT2D eigenvalue weighted by atomic mass is 32.3. The standard InChI is InChI=1S/C22H27NO7S2/c1-22(2,3)30-17(24)13-12-14-8-7-11-16-18(14)19(20(21(23)25)32(16,28)29)31(26,27)15-9-5-4-6-10-15/h4-11,19-20,28-29H,12-13H2,1-3H3,(H2,23,25). The fourth-order valence-electron chi connectivity index (χ4n) is 3.87. The smallest absolute Gasteiger partial charge is 0.306 e. The van der Waals surface area contributed by atoms with Crippen molar-refractivity contribution in [3.05, 3.63) is 59.7 Å². The lowest BCUT2D eigenvalue weighted by Gasteiger charge is -2.34. The Bertz CT molecular complexity index is 1140. The van der Waals surface area contributed by atoms with Gasteiger partial charge in [-0.1, -0.05) is 30.3 Å². The van der Waals surface area contributed by atoms with Gasteiger partial charge in [-0.25, -0.2) is 8.42 Å². The zero-order chi connectivity index (χ0) is 23.9. The summed E-state index contributed by atoms with van der Waals surface area (Å²) in [5, 5.41) is -3.33. The number of aryl methyl sites for hydroxylation is 1. The van der Waals surface area contributed by atoms with Crippen LogP contribution in [0, 0.1) is 0 Å². The molecule has 0 aromatic heterocycles. The number of hydrogen-bond donors (Lipinski definition) is 3. The average Bonchev–Trinajstić information content (AvgIpc) is 2.94. The van der Waals surface area contributed by atoms with Crippen LogP contribution in [-0.2, 0) is 30.6 Å². The lowest BCUT2D eigenvalue weighted by Crippen LogP contribution is -2.37. The minimum Gasteiger partial charge on any atom is -0.460 e. The van der Waals surface area contributed by atoms with E-state index >= 15 is 0 Å². The number of amides is 1. The quantitative estimate of drug-likeness (QED) is 0.536.